The zero-order chi connectivity index (χ0) is 11.4. The van der Waals surface area contributed by atoms with Gasteiger partial charge in [-0.15, -0.1) is 0 Å². The number of fused-ring (bicyclic) bond motifs is 1. The molecule has 2 nitrogen and oxygen atoms in total. The molecule has 1 aliphatic rings. The minimum absolute atomic E-state index is 0.162. The molecule has 0 radical (unpaired) electrons. The Kier molecular flexibility index (Phi) is 3.46. The van der Waals surface area contributed by atoms with Crippen molar-refractivity contribution in [2.45, 2.75) is 32.6 Å². The second kappa shape index (κ2) is 5.03. The molecule has 1 heterocycles. The lowest BCUT2D eigenvalue weighted by molar-refractivity contribution is 0.637. The summed E-state index contributed by atoms with van der Waals surface area (Å²) in [5.41, 5.74) is 3.99. The lowest BCUT2D eigenvalue weighted by Crippen LogP contribution is -2.12. The molecule has 0 saturated carbocycles. The fourth-order valence-electron chi connectivity index (χ4n) is 2.22. The van der Waals surface area contributed by atoms with Crippen molar-refractivity contribution in [3.05, 3.63) is 29.3 Å². The Balaban J connectivity index is 2.14. The van der Waals surface area contributed by atoms with E-state index in [1.54, 1.807) is 0 Å². The van der Waals surface area contributed by atoms with Crippen molar-refractivity contribution in [2.75, 3.05) is 11.9 Å². The van der Waals surface area contributed by atoms with Gasteiger partial charge in [-0.2, -0.15) is 5.26 Å². The maximum atomic E-state index is 8.96. The van der Waals surface area contributed by atoms with Crippen molar-refractivity contribution in [3.63, 3.8) is 0 Å². The SMILES string of the molecule is CCC(C#N)Cc1ccc2c(c1)CCCN2. The van der Waals surface area contributed by atoms with Gasteiger partial charge in [0.25, 0.3) is 0 Å². The molecule has 0 aliphatic carbocycles. The Bertz CT molecular complexity index is 404. The van der Waals surface area contributed by atoms with Crippen molar-refractivity contribution < 1.29 is 0 Å². The molecule has 0 saturated heterocycles. The number of nitrogens with one attached hydrogen (secondary N) is 1. The number of hydrogen-bond donors (Lipinski definition) is 1. The average molecular weight is 214 g/mol. The second-order valence-corrected chi connectivity index (χ2v) is 4.46. The average Bonchev–Trinajstić information content (AvgIpc) is 2.35. The van der Waals surface area contributed by atoms with Gasteiger partial charge in [0.2, 0.25) is 0 Å². The number of aryl methyl sites for hydroxylation is 1. The van der Waals surface area contributed by atoms with E-state index >= 15 is 0 Å². The summed E-state index contributed by atoms with van der Waals surface area (Å²) in [4.78, 5) is 0. The standard InChI is InChI=1S/C14H18N2/c1-2-11(10-15)8-12-5-6-14-13(9-12)4-3-7-16-14/h5-6,9,11,16H,2-4,7-8H2,1H3. The maximum absolute atomic E-state index is 8.96. The molecule has 0 spiro atoms. The van der Waals surface area contributed by atoms with Crippen LogP contribution in [0.15, 0.2) is 18.2 Å². The quantitative estimate of drug-likeness (QED) is 0.839. The van der Waals surface area contributed by atoms with Crippen molar-refractivity contribution in [1.29, 1.82) is 5.26 Å². The minimum atomic E-state index is 0.162. The maximum Gasteiger partial charge on any atom is 0.0659 e. The fraction of sp³-hybridized carbons (Fsp3) is 0.500. The van der Waals surface area contributed by atoms with Gasteiger partial charge in [-0.1, -0.05) is 19.1 Å². The summed E-state index contributed by atoms with van der Waals surface area (Å²) < 4.78 is 0. The van der Waals surface area contributed by atoms with E-state index in [2.05, 4.69) is 36.5 Å². The highest BCUT2D eigenvalue weighted by Gasteiger charge is 2.11. The fourth-order valence-corrected chi connectivity index (χ4v) is 2.22. The molecule has 1 aromatic carbocycles. The molecule has 1 aromatic rings. The third-order valence-electron chi connectivity index (χ3n) is 3.27. The molecule has 84 valence electrons. The van der Waals surface area contributed by atoms with Gasteiger partial charge in [0.15, 0.2) is 0 Å². The number of hydrogen-bond acceptors (Lipinski definition) is 2. The topological polar surface area (TPSA) is 35.8 Å². The smallest absolute Gasteiger partial charge is 0.0659 e. The van der Waals surface area contributed by atoms with Crippen LogP contribution in [0.1, 0.15) is 30.9 Å². The third-order valence-corrected chi connectivity index (χ3v) is 3.27. The Hall–Kier alpha value is -1.49. The molecule has 16 heavy (non-hydrogen) atoms. The van der Waals surface area contributed by atoms with Crippen molar-refractivity contribution in [3.8, 4) is 6.07 Å². The van der Waals surface area contributed by atoms with Gasteiger partial charge < -0.3 is 5.32 Å². The number of anilines is 1. The van der Waals surface area contributed by atoms with Gasteiger partial charge >= 0.3 is 0 Å². The molecule has 0 bridgehead atoms. The van der Waals surface area contributed by atoms with E-state index in [0.717, 1.165) is 19.4 Å². The van der Waals surface area contributed by atoms with Crippen LogP contribution in [0, 0.1) is 17.2 Å². The van der Waals surface area contributed by atoms with Crippen LogP contribution >= 0.6 is 0 Å². The van der Waals surface area contributed by atoms with E-state index in [4.69, 9.17) is 5.26 Å². The molecule has 1 atom stereocenters. The van der Waals surface area contributed by atoms with Gasteiger partial charge in [-0.3, -0.25) is 0 Å². The van der Waals surface area contributed by atoms with Crippen molar-refractivity contribution >= 4 is 5.69 Å². The molecule has 0 aromatic heterocycles. The molecule has 1 N–H and O–H groups in total. The van der Waals surface area contributed by atoms with Gasteiger partial charge in [0, 0.05) is 12.2 Å². The molecule has 2 heteroatoms. The molecule has 1 aliphatic heterocycles. The van der Waals surface area contributed by atoms with E-state index in [-0.39, 0.29) is 5.92 Å². The Morgan fingerprint density at radius 1 is 1.50 bits per heavy atom. The van der Waals surface area contributed by atoms with E-state index in [1.807, 2.05) is 0 Å². The van der Waals surface area contributed by atoms with Crippen LogP contribution in [0.3, 0.4) is 0 Å². The molecule has 1 unspecified atom stereocenters. The number of nitriles is 1. The summed E-state index contributed by atoms with van der Waals surface area (Å²) in [6.07, 6.45) is 4.21. The van der Waals surface area contributed by atoms with Crippen LogP contribution < -0.4 is 5.32 Å². The van der Waals surface area contributed by atoms with Crippen LogP contribution in [0.5, 0.6) is 0 Å². The van der Waals surface area contributed by atoms with Crippen molar-refractivity contribution in [2.24, 2.45) is 5.92 Å². The van der Waals surface area contributed by atoms with E-state index < -0.39 is 0 Å². The lowest BCUT2D eigenvalue weighted by atomic mass is 9.94. The van der Waals surface area contributed by atoms with E-state index in [9.17, 15) is 0 Å². The predicted molar refractivity (Wildman–Crippen MR) is 66.4 cm³/mol. The first-order valence-electron chi connectivity index (χ1n) is 6.08. The van der Waals surface area contributed by atoms with E-state index in [1.165, 1.54) is 29.7 Å². The zero-order valence-electron chi connectivity index (χ0n) is 9.79. The highest BCUT2D eigenvalue weighted by atomic mass is 14.9. The first kappa shape index (κ1) is 11.0. The third kappa shape index (κ3) is 2.36. The van der Waals surface area contributed by atoms with Crippen molar-refractivity contribution in [1.82, 2.24) is 0 Å². The van der Waals surface area contributed by atoms with Crippen LogP contribution in [0.25, 0.3) is 0 Å². The van der Waals surface area contributed by atoms with Crippen LogP contribution in [-0.2, 0) is 12.8 Å². The number of benzene rings is 1. The second-order valence-electron chi connectivity index (χ2n) is 4.46. The Morgan fingerprint density at radius 3 is 3.12 bits per heavy atom. The van der Waals surface area contributed by atoms with E-state index in [0.29, 0.717) is 0 Å². The Morgan fingerprint density at radius 2 is 2.38 bits per heavy atom. The summed E-state index contributed by atoms with van der Waals surface area (Å²) in [7, 11) is 0. The van der Waals surface area contributed by atoms with Gasteiger partial charge in [0.05, 0.1) is 12.0 Å². The first-order chi connectivity index (χ1) is 7.83. The van der Waals surface area contributed by atoms with Gasteiger partial charge in [-0.25, -0.2) is 0 Å². The van der Waals surface area contributed by atoms with Gasteiger partial charge in [-0.05, 0) is 42.9 Å². The van der Waals surface area contributed by atoms with Crippen LogP contribution in [0.2, 0.25) is 0 Å². The molecule has 0 fully saturated rings. The number of rotatable bonds is 3. The van der Waals surface area contributed by atoms with Crippen LogP contribution in [0.4, 0.5) is 5.69 Å². The summed E-state index contributed by atoms with van der Waals surface area (Å²) in [6.45, 7) is 3.16. The first-order valence-corrected chi connectivity index (χ1v) is 6.08. The molecular weight excluding hydrogens is 196 g/mol. The summed E-state index contributed by atoms with van der Waals surface area (Å²) >= 11 is 0. The van der Waals surface area contributed by atoms with Gasteiger partial charge in [0.1, 0.15) is 0 Å². The summed E-state index contributed by atoms with van der Waals surface area (Å²) in [5.74, 6) is 0.162. The van der Waals surface area contributed by atoms with Crippen LogP contribution in [-0.4, -0.2) is 6.54 Å². The molecular formula is C14H18N2. The Labute approximate surface area is 97.3 Å². The highest BCUT2D eigenvalue weighted by molar-refractivity contribution is 5.54. The largest absolute Gasteiger partial charge is 0.385 e. The molecule has 0 amide bonds. The zero-order valence-corrected chi connectivity index (χ0v) is 9.79. The predicted octanol–water partition coefficient (Wildman–Crippen LogP) is 3.14. The molecule has 2 rings (SSSR count). The summed E-state index contributed by atoms with van der Waals surface area (Å²) in [6, 6.07) is 8.94. The highest BCUT2D eigenvalue weighted by Crippen LogP contribution is 2.24. The lowest BCUT2D eigenvalue weighted by Gasteiger charge is -2.19. The summed E-state index contributed by atoms with van der Waals surface area (Å²) in [5, 5.41) is 12.4. The monoisotopic (exact) mass is 214 g/mol. The minimum Gasteiger partial charge on any atom is -0.385 e. The number of nitrogens with zero attached hydrogens (tertiary/aromatic N) is 1. The normalized spacial score (nSPS) is 15.8.